The molecule has 5 nitrogen and oxygen atoms in total. The van der Waals surface area contributed by atoms with E-state index in [9.17, 15) is 18.0 Å². The highest BCUT2D eigenvalue weighted by molar-refractivity contribution is 9.10. The van der Waals surface area contributed by atoms with Gasteiger partial charge in [-0.1, -0.05) is 13.0 Å². The third-order valence-electron chi connectivity index (χ3n) is 5.74. The number of amides is 1. The van der Waals surface area contributed by atoms with Gasteiger partial charge in [0.2, 0.25) is 0 Å². The van der Waals surface area contributed by atoms with E-state index in [0.29, 0.717) is 11.0 Å². The molecule has 1 amide bonds. The molecule has 1 saturated heterocycles. The highest BCUT2D eigenvalue weighted by Crippen LogP contribution is 2.47. The van der Waals surface area contributed by atoms with E-state index in [1.165, 1.54) is 11.3 Å². The molecule has 1 fully saturated rings. The van der Waals surface area contributed by atoms with Crippen molar-refractivity contribution in [3.05, 3.63) is 32.6 Å². The SMILES string of the molecule is CCC1CCCCN1C(=O)c1nn2c(c1Br)NC(c1cccs1)CC2C(F)(F)F. The fraction of sp³-hybridized carbons (Fsp3) is 0.579. The zero-order valence-electron chi connectivity index (χ0n) is 15.9. The number of nitrogens with one attached hydrogen (secondary N) is 1. The maximum Gasteiger partial charge on any atom is 0.410 e. The summed E-state index contributed by atoms with van der Waals surface area (Å²) in [6.07, 6.45) is -0.936. The fourth-order valence-corrected chi connectivity index (χ4v) is 5.57. The van der Waals surface area contributed by atoms with Crippen LogP contribution in [0.3, 0.4) is 0 Å². The smallest absolute Gasteiger partial charge is 0.362 e. The molecule has 3 atom stereocenters. The van der Waals surface area contributed by atoms with Crippen molar-refractivity contribution in [2.24, 2.45) is 0 Å². The van der Waals surface area contributed by atoms with Crippen LogP contribution in [-0.2, 0) is 0 Å². The number of piperidine rings is 1. The maximum absolute atomic E-state index is 13.9. The highest BCUT2D eigenvalue weighted by Gasteiger charge is 2.48. The van der Waals surface area contributed by atoms with E-state index in [2.05, 4.69) is 26.3 Å². The molecule has 0 aliphatic carbocycles. The molecule has 2 aromatic heterocycles. The van der Waals surface area contributed by atoms with Gasteiger partial charge in [0.15, 0.2) is 11.7 Å². The lowest BCUT2D eigenvalue weighted by atomic mass is 9.99. The van der Waals surface area contributed by atoms with Crippen LogP contribution in [0.5, 0.6) is 0 Å². The second-order valence-corrected chi connectivity index (χ2v) is 9.29. The van der Waals surface area contributed by atoms with E-state index in [-0.39, 0.29) is 29.9 Å². The molecule has 2 aliphatic heterocycles. The van der Waals surface area contributed by atoms with Crippen molar-refractivity contribution in [3.63, 3.8) is 0 Å². The quantitative estimate of drug-likeness (QED) is 0.593. The third kappa shape index (κ3) is 3.81. The molecule has 0 radical (unpaired) electrons. The molecular formula is C19H22BrF3N4OS. The zero-order chi connectivity index (χ0) is 20.8. The number of aromatic nitrogens is 2. The Bertz CT molecular complexity index is 883. The van der Waals surface area contributed by atoms with Crippen molar-refractivity contribution >= 4 is 39.0 Å². The largest absolute Gasteiger partial charge is 0.410 e. The monoisotopic (exact) mass is 490 g/mol. The number of alkyl halides is 3. The van der Waals surface area contributed by atoms with Crippen LogP contribution in [0.15, 0.2) is 22.0 Å². The first-order valence-electron chi connectivity index (χ1n) is 9.76. The number of likely N-dealkylation sites (tertiary alicyclic amines) is 1. The molecule has 29 heavy (non-hydrogen) atoms. The molecule has 0 spiro atoms. The first-order valence-corrected chi connectivity index (χ1v) is 11.4. The standard InChI is InChI=1S/C19H22BrF3N4OS/c1-2-11-6-3-4-8-26(11)18(28)16-15(20)17-24-12(13-7-5-9-29-13)10-14(19(21,22)23)27(17)25-16/h5,7,9,11-12,14,24H,2-4,6,8,10H2,1H3. The van der Waals surface area contributed by atoms with Crippen molar-refractivity contribution in [1.29, 1.82) is 0 Å². The van der Waals surface area contributed by atoms with Gasteiger partial charge in [-0.3, -0.25) is 4.79 Å². The Morgan fingerprint density at radius 2 is 2.21 bits per heavy atom. The van der Waals surface area contributed by atoms with Crippen LogP contribution >= 0.6 is 27.3 Å². The predicted molar refractivity (Wildman–Crippen MR) is 109 cm³/mol. The number of halogens is 4. The zero-order valence-corrected chi connectivity index (χ0v) is 18.3. The Hall–Kier alpha value is -1.55. The minimum Gasteiger partial charge on any atom is -0.362 e. The lowest BCUT2D eigenvalue weighted by Gasteiger charge is -2.34. The van der Waals surface area contributed by atoms with E-state index >= 15 is 0 Å². The number of hydrogen-bond donors (Lipinski definition) is 1. The van der Waals surface area contributed by atoms with E-state index < -0.39 is 18.3 Å². The molecule has 158 valence electrons. The van der Waals surface area contributed by atoms with Crippen molar-refractivity contribution in [3.8, 4) is 0 Å². The average molecular weight is 491 g/mol. The summed E-state index contributed by atoms with van der Waals surface area (Å²) in [4.78, 5) is 15.8. The first kappa shape index (κ1) is 20.7. The van der Waals surface area contributed by atoms with Crippen LogP contribution in [0.25, 0.3) is 0 Å². The van der Waals surface area contributed by atoms with Gasteiger partial charge in [0.25, 0.3) is 5.91 Å². The van der Waals surface area contributed by atoms with Gasteiger partial charge in [-0.2, -0.15) is 18.3 Å². The molecule has 3 unspecified atom stereocenters. The van der Waals surface area contributed by atoms with Gasteiger partial charge in [0.05, 0.1) is 10.5 Å². The molecule has 2 aliphatic rings. The lowest BCUT2D eigenvalue weighted by molar-refractivity contribution is -0.173. The number of hydrogen-bond acceptors (Lipinski definition) is 4. The van der Waals surface area contributed by atoms with Crippen LogP contribution in [-0.4, -0.2) is 39.4 Å². The van der Waals surface area contributed by atoms with Crippen molar-refractivity contribution in [2.75, 3.05) is 11.9 Å². The summed E-state index contributed by atoms with van der Waals surface area (Å²) >= 11 is 4.79. The Balaban J connectivity index is 1.72. The summed E-state index contributed by atoms with van der Waals surface area (Å²) in [5.74, 6) is -0.0916. The maximum atomic E-state index is 13.9. The van der Waals surface area contributed by atoms with Crippen LogP contribution in [0.1, 0.15) is 66.5 Å². The Morgan fingerprint density at radius 3 is 2.86 bits per heavy atom. The molecular weight excluding hydrogens is 469 g/mol. The summed E-state index contributed by atoms with van der Waals surface area (Å²) in [7, 11) is 0. The van der Waals surface area contributed by atoms with E-state index in [1.807, 2.05) is 24.4 Å². The van der Waals surface area contributed by atoms with Gasteiger partial charge in [0, 0.05) is 23.9 Å². The molecule has 10 heteroatoms. The van der Waals surface area contributed by atoms with Crippen molar-refractivity contribution in [1.82, 2.24) is 14.7 Å². The number of fused-ring (bicyclic) bond motifs is 1. The highest BCUT2D eigenvalue weighted by atomic mass is 79.9. The second-order valence-electron chi connectivity index (χ2n) is 7.52. The Kier molecular flexibility index (Phi) is 5.67. The summed E-state index contributed by atoms with van der Waals surface area (Å²) in [5, 5.41) is 9.17. The van der Waals surface area contributed by atoms with Gasteiger partial charge < -0.3 is 10.2 Å². The van der Waals surface area contributed by atoms with Crippen molar-refractivity contribution < 1.29 is 18.0 Å². The van der Waals surface area contributed by atoms with Crippen LogP contribution in [0.2, 0.25) is 0 Å². The topological polar surface area (TPSA) is 50.2 Å². The number of carbonyl (C=O) groups excluding carboxylic acids is 1. The van der Waals surface area contributed by atoms with Gasteiger partial charge in [-0.25, -0.2) is 4.68 Å². The molecule has 4 rings (SSSR count). The summed E-state index contributed by atoms with van der Waals surface area (Å²) in [5.41, 5.74) is 0.0499. The first-order chi connectivity index (χ1) is 13.8. The molecule has 4 heterocycles. The van der Waals surface area contributed by atoms with Crippen molar-refractivity contribution in [2.45, 2.75) is 63.3 Å². The minimum atomic E-state index is -4.46. The number of thiophene rings is 1. The molecule has 0 saturated carbocycles. The van der Waals surface area contributed by atoms with E-state index in [4.69, 9.17) is 0 Å². The molecule has 0 aromatic carbocycles. The van der Waals surface area contributed by atoms with Gasteiger partial charge in [0.1, 0.15) is 5.82 Å². The summed E-state index contributed by atoms with van der Waals surface area (Å²) in [6.45, 7) is 2.64. The molecule has 0 bridgehead atoms. The van der Waals surface area contributed by atoms with Gasteiger partial charge >= 0.3 is 6.18 Å². The number of anilines is 1. The number of carbonyl (C=O) groups is 1. The third-order valence-corrected chi connectivity index (χ3v) is 7.48. The Morgan fingerprint density at radius 1 is 1.41 bits per heavy atom. The normalized spacial score (nSPS) is 24.9. The van der Waals surface area contributed by atoms with Gasteiger partial charge in [-0.05, 0) is 53.1 Å². The van der Waals surface area contributed by atoms with E-state index in [0.717, 1.165) is 35.2 Å². The Labute approximate surface area is 179 Å². The van der Waals surface area contributed by atoms with Crippen LogP contribution in [0.4, 0.5) is 19.0 Å². The number of nitrogens with zero attached hydrogens (tertiary/aromatic N) is 3. The average Bonchev–Trinajstić information content (AvgIpc) is 3.34. The van der Waals surface area contributed by atoms with Crippen LogP contribution < -0.4 is 5.32 Å². The predicted octanol–water partition coefficient (Wildman–Crippen LogP) is 5.77. The van der Waals surface area contributed by atoms with Crippen LogP contribution in [0, 0.1) is 0 Å². The summed E-state index contributed by atoms with van der Waals surface area (Å²) in [6, 6.07) is 1.48. The second kappa shape index (κ2) is 7.94. The molecule has 1 N–H and O–H groups in total. The number of rotatable bonds is 3. The van der Waals surface area contributed by atoms with Gasteiger partial charge in [-0.15, -0.1) is 11.3 Å². The van der Waals surface area contributed by atoms with E-state index in [1.54, 1.807) is 4.90 Å². The lowest BCUT2D eigenvalue weighted by Crippen LogP contribution is -2.43. The minimum absolute atomic E-state index is 0.0499. The molecule has 2 aromatic rings. The summed E-state index contributed by atoms with van der Waals surface area (Å²) < 4.78 is 42.8. The fourth-order valence-electron chi connectivity index (χ4n) is 4.23.